The predicted molar refractivity (Wildman–Crippen MR) is 89.4 cm³/mol. The first-order valence-corrected chi connectivity index (χ1v) is 8.92. The molecule has 2 aliphatic heterocycles. The lowest BCUT2D eigenvalue weighted by molar-refractivity contribution is 0.0718. The number of carbonyl (C=O) groups is 1. The molecule has 1 aromatic carbocycles. The van der Waals surface area contributed by atoms with E-state index in [-0.39, 0.29) is 17.6 Å². The lowest BCUT2D eigenvalue weighted by Crippen LogP contribution is -2.35. The summed E-state index contributed by atoms with van der Waals surface area (Å²) in [6, 6.07) is 3.60. The molecule has 1 atom stereocenters. The SMILES string of the molecule is O=C(c1cn2c(n1)CC[C@@H](c1cc(F)ccc1F)C2)N1CCCCC1. The fourth-order valence-electron chi connectivity index (χ4n) is 3.89. The van der Waals surface area contributed by atoms with Crippen LogP contribution in [0, 0.1) is 11.6 Å². The number of fused-ring (bicyclic) bond motifs is 1. The summed E-state index contributed by atoms with van der Waals surface area (Å²) in [6.45, 7) is 2.10. The zero-order valence-electron chi connectivity index (χ0n) is 14.0. The molecule has 0 saturated carbocycles. The van der Waals surface area contributed by atoms with E-state index in [4.69, 9.17) is 0 Å². The van der Waals surface area contributed by atoms with Crippen LogP contribution >= 0.6 is 0 Å². The van der Waals surface area contributed by atoms with Crippen molar-refractivity contribution in [2.75, 3.05) is 13.1 Å². The van der Waals surface area contributed by atoms with Gasteiger partial charge < -0.3 is 9.47 Å². The largest absolute Gasteiger partial charge is 0.337 e. The molecule has 1 aromatic heterocycles. The zero-order valence-corrected chi connectivity index (χ0v) is 14.0. The number of hydrogen-bond acceptors (Lipinski definition) is 2. The van der Waals surface area contributed by atoms with Gasteiger partial charge in [0.15, 0.2) is 0 Å². The van der Waals surface area contributed by atoms with Crippen LogP contribution in [-0.2, 0) is 13.0 Å². The van der Waals surface area contributed by atoms with Crippen LogP contribution in [0.4, 0.5) is 8.78 Å². The summed E-state index contributed by atoms with van der Waals surface area (Å²) in [5.41, 5.74) is 0.875. The first-order chi connectivity index (χ1) is 12.1. The van der Waals surface area contributed by atoms with Gasteiger partial charge in [0.05, 0.1) is 0 Å². The van der Waals surface area contributed by atoms with Crippen LogP contribution in [0.2, 0.25) is 0 Å². The molecule has 4 rings (SSSR count). The van der Waals surface area contributed by atoms with Crippen LogP contribution < -0.4 is 0 Å². The topological polar surface area (TPSA) is 38.1 Å². The van der Waals surface area contributed by atoms with E-state index in [1.165, 1.54) is 18.6 Å². The number of likely N-dealkylation sites (tertiary alicyclic amines) is 1. The first-order valence-electron chi connectivity index (χ1n) is 8.92. The van der Waals surface area contributed by atoms with Crippen molar-refractivity contribution >= 4 is 5.91 Å². The molecule has 0 aliphatic carbocycles. The van der Waals surface area contributed by atoms with E-state index in [9.17, 15) is 13.6 Å². The number of aromatic nitrogens is 2. The van der Waals surface area contributed by atoms with Gasteiger partial charge in [-0.1, -0.05) is 0 Å². The normalized spacial score (nSPS) is 20.4. The quantitative estimate of drug-likeness (QED) is 0.835. The van der Waals surface area contributed by atoms with Crippen molar-refractivity contribution < 1.29 is 13.6 Å². The molecule has 1 fully saturated rings. The Morgan fingerprint density at radius 2 is 1.96 bits per heavy atom. The Hall–Kier alpha value is -2.24. The highest BCUT2D eigenvalue weighted by molar-refractivity contribution is 5.92. The third kappa shape index (κ3) is 3.17. The number of hydrogen-bond donors (Lipinski definition) is 0. The maximum absolute atomic E-state index is 14.1. The highest BCUT2D eigenvalue weighted by Crippen LogP contribution is 2.31. The molecule has 0 radical (unpaired) electrons. The van der Waals surface area contributed by atoms with E-state index in [2.05, 4.69) is 4.98 Å². The second-order valence-electron chi connectivity index (χ2n) is 6.95. The molecule has 132 valence electrons. The van der Waals surface area contributed by atoms with Crippen molar-refractivity contribution in [3.63, 3.8) is 0 Å². The van der Waals surface area contributed by atoms with Crippen LogP contribution in [0.3, 0.4) is 0 Å². The molecule has 2 aromatic rings. The maximum atomic E-state index is 14.1. The number of benzene rings is 1. The third-order valence-corrected chi connectivity index (χ3v) is 5.25. The highest BCUT2D eigenvalue weighted by atomic mass is 19.1. The average molecular weight is 345 g/mol. The molecule has 6 heteroatoms. The third-order valence-electron chi connectivity index (χ3n) is 5.25. The maximum Gasteiger partial charge on any atom is 0.274 e. The van der Waals surface area contributed by atoms with Gasteiger partial charge in [0, 0.05) is 38.2 Å². The van der Waals surface area contributed by atoms with Crippen LogP contribution in [0.5, 0.6) is 0 Å². The zero-order chi connectivity index (χ0) is 17.4. The second-order valence-corrected chi connectivity index (χ2v) is 6.95. The number of carbonyl (C=O) groups excluding carboxylic acids is 1. The standard InChI is InChI=1S/C19H21F2N3O/c20-14-5-6-16(21)15(10-14)13-4-7-18-22-17(12-24(18)11-13)19(25)23-8-2-1-3-9-23/h5-6,10,12-13H,1-4,7-9,11H2/t13-/m1/s1. The lowest BCUT2D eigenvalue weighted by atomic mass is 9.91. The van der Waals surface area contributed by atoms with Gasteiger partial charge >= 0.3 is 0 Å². The van der Waals surface area contributed by atoms with Crippen molar-refractivity contribution in [2.45, 2.75) is 44.6 Å². The van der Waals surface area contributed by atoms with E-state index >= 15 is 0 Å². The van der Waals surface area contributed by atoms with Crippen molar-refractivity contribution in [1.82, 2.24) is 14.5 Å². The number of rotatable bonds is 2. The van der Waals surface area contributed by atoms with Gasteiger partial charge in [0.25, 0.3) is 5.91 Å². The summed E-state index contributed by atoms with van der Waals surface area (Å²) in [4.78, 5) is 19.0. The van der Waals surface area contributed by atoms with Gasteiger partial charge in [-0.05, 0) is 49.4 Å². The minimum atomic E-state index is -0.422. The predicted octanol–water partition coefficient (Wildman–Crippen LogP) is 3.52. The number of halogens is 2. The molecular formula is C19H21F2N3O. The Morgan fingerprint density at radius 3 is 2.76 bits per heavy atom. The molecule has 0 unspecified atom stereocenters. The van der Waals surface area contributed by atoms with Crippen LogP contribution in [0.15, 0.2) is 24.4 Å². The Bertz CT molecular complexity index is 796. The van der Waals surface area contributed by atoms with Gasteiger partial charge in [0.2, 0.25) is 0 Å². The van der Waals surface area contributed by atoms with Crippen LogP contribution in [0.25, 0.3) is 0 Å². The summed E-state index contributed by atoms with van der Waals surface area (Å²) in [5, 5.41) is 0. The number of aryl methyl sites for hydroxylation is 1. The van der Waals surface area contributed by atoms with Crippen LogP contribution in [-0.4, -0.2) is 33.4 Å². The molecule has 3 heterocycles. The van der Waals surface area contributed by atoms with E-state index < -0.39 is 5.82 Å². The van der Waals surface area contributed by atoms with Crippen molar-refractivity contribution in [3.8, 4) is 0 Å². The van der Waals surface area contributed by atoms with Gasteiger partial charge in [-0.15, -0.1) is 0 Å². The molecule has 1 amide bonds. The van der Waals surface area contributed by atoms with Gasteiger partial charge in [-0.2, -0.15) is 0 Å². The Morgan fingerprint density at radius 1 is 1.16 bits per heavy atom. The summed E-state index contributed by atoms with van der Waals surface area (Å²) in [5.74, 6) is -0.0628. The summed E-state index contributed by atoms with van der Waals surface area (Å²) in [6.07, 6.45) is 6.39. The molecule has 2 aliphatic rings. The number of nitrogens with zero attached hydrogens (tertiary/aromatic N) is 3. The lowest BCUT2D eigenvalue weighted by Gasteiger charge is -2.25. The first kappa shape index (κ1) is 16.2. The molecular weight excluding hydrogens is 324 g/mol. The smallest absolute Gasteiger partial charge is 0.274 e. The van der Waals surface area contributed by atoms with Gasteiger partial charge in [0.1, 0.15) is 23.2 Å². The van der Waals surface area contributed by atoms with E-state index in [0.29, 0.717) is 30.6 Å². The number of imidazole rings is 1. The summed E-state index contributed by atoms with van der Waals surface area (Å²) >= 11 is 0. The minimum absolute atomic E-state index is 0.0184. The summed E-state index contributed by atoms with van der Waals surface area (Å²) < 4.78 is 29.5. The van der Waals surface area contributed by atoms with Crippen molar-refractivity contribution in [3.05, 3.63) is 53.1 Å². The molecule has 4 nitrogen and oxygen atoms in total. The average Bonchev–Trinajstić information content (AvgIpc) is 3.07. The fraction of sp³-hybridized carbons (Fsp3) is 0.474. The number of amides is 1. The van der Waals surface area contributed by atoms with Crippen molar-refractivity contribution in [1.29, 1.82) is 0 Å². The van der Waals surface area contributed by atoms with E-state index in [0.717, 1.165) is 37.8 Å². The minimum Gasteiger partial charge on any atom is -0.337 e. The summed E-state index contributed by atoms with van der Waals surface area (Å²) in [7, 11) is 0. The van der Waals surface area contributed by atoms with Crippen LogP contribution in [0.1, 0.15) is 53.5 Å². The Balaban J connectivity index is 1.54. The molecule has 25 heavy (non-hydrogen) atoms. The molecule has 0 N–H and O–H groups in total. The van der Waals surface area contributed by atoms with E-state index in [1.54, 1.807) is 6.20 Å². The number of piperidine rings is 1. The monoisotopic (exact) mass is 345 g/mol. The Kier molecular flexibility index (Phi) is 4.27. The van der Waals surface area contributed by atoms with Crippen molar-refractivity contribution in [2.24, 2.45) is 0 Å². The Labute approximate surface area is 145 Å². The molecule has 0 bridgehead atoms. The van der Waals surface area contributed by atoms with Gasteiger partial charge in [-0.3, -0.25) is 4.79 Å². The molecule has 0 spiro atoms. The fourth-order valence-corrected chi connectivity index (χ4v) is 3.89. The highest BCUT2D eigenvalue weighted by Gasteiger charge is 2.27. The van der Waals surface area contributed by atoms with Gasteiger partial charge in [-0.25, -0.2) is 13.8 Å². The van der Waals surface area contributed by atoms with E-state index in [1.807, 2.05) is 9.47 Å². The molecule has 1 saturated heterocycles. The second kappa shape index (κ2) is 6.58.